The second kappa shape index (κ2) is 8.16. The first-order chi connectivity index (χ1) is 14.6. The largest absolute Gasteiger partial charge is 0.513 e. The molecular formula is C21H17FN4O4. The number of nitrogens with zero attached hydrogens (tertiary/aromatic N) is 4. The van der Waals surface area contributed by atoms with Crippen molar-refractivity contribution < 1.29 is 23.2 Å². The summed E-state index contributed by atoms with van der Waals surface area (Å²) in [5, 5.41) is 8.18. The van der Waals surface area contributed by atoms with E-state index in [4.69, 9.17) is 14.0 Å². The van der Waals surface area contributed by atoms with Gasteiger partial charge in [-0.15, -0.1) is 0 Å². The van der Waals surface area contributed by atoms with Gasteiger partial charge in [-0.2, -0.15) is 10.1 Å². The first-order valence-corrected chi connectivity index (χ1v) is 9.15. The third-order valence-electron chi connectivity index (χ3n) is 4.22. The Bertz CT molecular complexity index is 1180. The van der Waals surface area contributed by atoms with Crippen molar-refractivity contribution in [2.75, 3.05) is 6.61 Å². The molecule has 0 fully saturated rings. The molecule has 0 unspecified atom stereocenters. The van der Waals surface area contributed by atoms with Crippen LogP contribution in [0.4, 0.5) is 9.18 Å². The first kappa shape index (κ1) is 19.3. The van der Waals surface area contributed by atoms with Crippen LogP contribution in [0.1, 0.15) is 12.8 Å². The Balaban J connectivity index is 1.77. The van der Waals surface area contributed by atoms with E-state index in [9.17, 15) is 9.18 Å². The van der Waals surface area contributed by atoms with E-state index < -0.39 is 12.0 Å². The van der Waals surface area contributed by atoms with Crippen LogP contribution in [0.3, 0.4) is 0 Å². The van der Waals surface area contributed by atoms with Crippen LogP contribution >= 0.6 is 0 Å². The van der Waals surface area contributed by atoms with Crippen LogP contribution in [0, 0.1) is 12.7 Å². The van der Waals surface area contributed by atoms with Crippen molar-refractivity contribution >= 4 is 6.16 Å². The van der Waals surface area contributed by atoms with E-state index in [1.807, 2.05) is 0 Å². The van der Waals surface area contributed by atoms with Gasteiger partial charge in [0.05, 0.1) is 18.5 Å². The van der Waals surface area contributed by atoms with Crippen molar-refractivity contribution in [2.45, 2.75) is 13.8 Å². The highest BCUT2D eigenvalue weighted by molar-refractivity contribution is 5.74. The predicted octanol–water partition coefficient (Wildman–Crippen LogP) is 4.57. The summed E-state index contributed by atoms with van der Waals surface area (Å²) >= 11 is 0. The third kappa shape index (κ3) is 3.77. The standard InChI is InChI=1S/C21H17FN4O4/c1-3-28-21(27)29-18-12-23-26(19(18)16-6-4-5-7-17(16)22)15-10-8-14(9-11-15)20-24-13(2)30-25-20/h4-12H,3H2,1-2H3. The second-order valence-electron chi connectivity index (χ2n) is 6.22. The van der Waals surface area contributed by atoms with Gasteiger partial charge in [-0.05, 0) is 43.3 Å². The van der Waals surface area contributed by atoms with Crippen LogP contribution in [0.2, 0.25) is 0 Å². The van der Waals surface area contributed by atoms with Crippen LogP contribution in [0.15, 0.2) is 59.3 Å². The molecule has 0 bridgehead atoms. The fourth-order valence-electron chi connectivity index (χ4n) is 2.91. The lowest BCUT2D eigenvalue weighted by Gasteiger charge is -2.11. The summed E-state index contributed by atoms with van der Waals surface area (Å²) in [6.07, 6.45) is 0.451. The number of aryl methyl sites for hydroxylation is 1. The smallest absolute Gasteiger partial charge is 0.434 e. The molecule has 2 aromatic heterocycles. The van der Waals surface area contributed by atoms with Gasteiger partial charge in [0.2, 0.25) is 11.7 Å². The van der Waals surface area contributed by atoms with E-state index in [0.29, 0.717) is 17.4 Å². The number of halogens is 1. The Morgan fingerprint density at radius 3 is 2.60 bits per heavy atom. The third-order valence-corrected chi connectivity index (χ3v) is 4.22. The average Bonchev–Trinajstić information content (AvgIpc) is 3.35. The summed E-state index contributed by atoms with van der Waals surface area (Å²) in [5.41, 5.74) is 1.88. The number of benzene rings is 2. The zero-order valence-electron chi connectivity index (χ0n) is 16.2. The Labute approximate surface area is 170 Å². The molecule has 0 saturated carbocycles. The van der Waals surface area contributed by atoms with Gasteiger partial charge in [0.15, 0.2) is 5.75 Å². The molecule has 8 nitrogen and oxygen atoms in total. The van der Waals surface area contributed by atoms with Crippen molar-refractivity contribution in [3.63, 3.8) is 0 Å². The zero-order chi connectivity index (χ0) is 21.1. The molecule has 4 rings (SSSR count). The summed E-state index contributed by atoms with van der Waals surface area (Å²) in [6, 6.07) is 13.3. The maximum atomic E-state index is 14.6. The van der Waals surface area contributed by atoms with E-state index in [-0.39, 0.29) is 23.6 Å². The van der Waals surface area contributed by atoms with E-state index >= 15 is 0 Å². The van der Waals surface area contributed by atoms with Gasteiger partial charge in [0.1, 0.15) is 11.5 Å². The molecule has 2 aromatic carbocycles. The molecule has 0 aliphatic heterocycles. The average molecular weight is 408 g/mol. The lowest BCUT2D eigenvalue weighted by molar-refractivity contribution is 0.104. The molecular weight excluding hydrogens is 391 g/mol. The molecule has 0 atom stereocenters. The monoisotopic (exact) mass is 408 g/mol. The normalized spacial score (nSPS) is 10.8. The van der Waals surface area contributed by atoms with Crippen LogP contribution in [0.5, 0.6) is 5.75 Å². The Kier molecular flexibility index (Phi) is 5.25. The van der Waals surface area contributed by atoms with Crippen molar-refractivity contribution in [1.82, 2.24) is 19.9 Å². The minimum absolute atomic E-state index is 0.0800. The molecule has 4 aromatic rings. The van der Waals surface area contributed by atoms with Gasteiger partial charge >= 0.3 is 6.16 Å². The maximum absolute atomic E-state index is 14.6. The number of carbonyl (C=O) groups excluding carboxylic acids is 1. The quantitative estimate of drug-likeness (QED) is 0.447. The summed E-state index contributed by atoms with van der Waals surface area (Å²) in [7, 11) is 0. The Hall–Kier alpha value is -4.01. The molecule has 2 heterocycles. The van der Waals surface area contributed by atoms with Crippen LogP contribution in [0.25, 0.3) is 28.3 Å². The first-order valence-electron chi connectivity index (χ1n) is 9.15. The number of hydrogen-bond donors (Lipinski definition) is 0. The second-order valence-corrected chi connectivity index (χ2v) is 6.22. The Morgan fingerprint density at radius 2 is 1.93 bits per heavy atom. The fourth-order valence-corrected chi connectivity index (χ4v) is 2.91. The van der Waals surface area contributed by atoms with Crippen molar-refractivity contribution in [3.05, 3.63) is 66.4 Å². The van der Waals surface area contributed by atoms with Gasteiger partial charge in [0, 0.05) is 18.1 Å². The molecule has 0 radical (unpaired) electrons. The number of carbonyl (C=O) groups is 1. The lowest BCUT2D eigenvalue weighted by atomic mass is 10.1. The van der Waals surface area contributed by atoms with Gasteiger partial charge < -0.3 is 14.0 Å². The van der Waals surface area contributed by atoms with Crippen molar-refractivity contribution in [3.8, 4) is 34.1 Å². The minimum atomic E-state index is -0.891. The van der Waals surface area contributed by atoms with E-state index in [1.165, 1.54) is 16.9 Å². The minimum Gasteiger partial charge on any atom is -0.434 e. The SMILES string of the molecule is CCOC(=O)Oc1cnn(-c2ccc(-c3noc(C)n3)cc2)c1-c1ccccc1F. The Morgan fingerprint density at radius 1 is 1.17 bits per heavy atom. The molecule has 0 aliphatic rings. The summed E-state index contributed by atoms with van der Waals surface area (Å²) in [6.45, 7) is 3.52. The molecule has 0 saturated heterocycles. The van der Waals surface area contributed by atoms with Crippen molar-refractivity contribution in [2.24, 2.45) is 0 Å². The van der Waals surface area contributed by atoms with E-state index in [1.54, 1.807) is 56.3 Å². The van der Waals surface area contributed by atoms with Gasteiger partial charge in [-0.1, -0.05) is 17.3 Å². The number of ether oxygens (including phenoxy) is 2. The topological polar surface area (TPSA) is 92.3 Å². The fraction of sp³-hybridized carbons (Fsp3) is 0.143. The van der Waals surface area contributed by atoms with Gasteiger partial charge in [-0.3, -0.25) is 0 Å². The predicted molar refractivity (Wildman–Crippen MR) is 105 cm³/mol. The highest BCUT2D eigenvalue weighted by Crippen LogP contribution is 2.34. The van der Waals surface area contributed by atoms with Crippen molar-refractivity contribution in [1.29, 1.82) is 0 Å². The molecule has 0 N–H and O–H groups in total. The molecule has 9 heteroatoms. The summed E-state index contributed by atoms with van der Waals surface area (Å²) < 4.78 is 31.1. The molecule has 0 aliphatic carbocycles. The zero-order valence-corrected chi connectivity index (χ0v) is 16.2. The molecule has 0 spiro atoms. The van der Waals surface area contributed by atoms with E-state index in [2.05, 4.69) is 15.2 Å². The molecule has 152 valence electrons. The van der Waals surface area contributed by atoms with Gasteiger partial charge in [0.25, 0.3) is 0 Å². The summed E-state index contributed by atoms with van der Waals surface area (Å²) in [5.74, 6) is 0.521. The molecule has 0 amide bonds. The number of aromatic nitrogens is 4. The van der Waals surface area contributed by atoms with Crippen LogP contribution in [-0.2, 0) is 4.74 Å². The molecule has 30 heavy (non-hydrogen) atoms. The van der Waals surface area contributed by atoms with E-state index in [0.717, 1.165) is 5.56 Å². The van der Waals surface area contributed by atoms with Crippen LogP contribution in [-0.4, -0.2) is 32.7 Å². The number of rotatable bonds is 5. The summed E-state index contributed by atoms with van der Waals surface area (Å²) in [4.78, 5) is 16.0. The van der Waals surface area contributed by atoms with Gasteiger partial charge in [-0.25, -0.2) is 13.9 Å². The lowest BCUT2D eigenvalue weighted by Crippen LogP contribution is -2.10. The highest BCUT2D eigenvalue weighted by Gasteiger charge is 2.21. The highest BCUT2D eigenvalue weighted by atomic mass is 19.1. The van der Waals surface area contributed by atoms with Crippen LogP contribution < -0.4 is 4.74 Å². The number of hydrogen-bond acceptors (Lipinski definition) is 7. The maximum Gasteiger partial charge on any atom is 0.513 e.